The van der Waals surface area contributed by atoms with Crippen molar-refractivity contribution in [2.24, 2.45) is 0 Å². The summed E-state index contributed by atoms with van der Waals surface area (Å²) in [6.07, 6.45) is 1.35. The number of nitrogens with zero attached hydrogens (tertiary/aromatic N) is 4. The van der Waals surface area contributed by atoms with Gasteiger partial charge in [0.2, 0.25) is 5.91 Å². The molecule has 2 aliphatic heterocycles. The number of carbonyl (C=O) groups excluding carboxylic acids is 2. The lowest BCUT2D eigenvalue weighted by atomic mass is 10.1. The van der Waals surface area contributed by atoms with Crippen molar-refractivity contribution in [2.45, 2.75) is 32.7 Å². The van der Waals surface area contributed by atoms with Crippen molar-refractivity contribution >= 4 is 23.1 Å². The highest BCUT2D eigenvalue weighted by atomic mass is 16.5. The first-order chi connectivity index (χ1) is 18.0. The molecule has 6 rings (SSSR count). The van der Waals surface area contributed by atoms with E-state index in [9.17, 15) is 14.4 Å². The average Bonchev–Trinajstić information content (AvgIpc) is 3.35. The maximum atomic E-state index is 13.3. The topological polar surface area (TPSA) is 100 Å². The molecule has 1 N–H and O–H groups in total. The summed E-state index contributed by atoms with van der Waals surface area (Å²) >= 11 is 0. The zero-order chi connectivity index (χ0) is 25.5. The van der Waals surface area contributed by atoms with Crippen LogP contribution in [0.2, 0.25) is 0 Å². The van der Waals surface area contributed by atoms with Gasteiger partial charge in [0, 0.05) is 32.0 Å². The molecule has 4 heterocycles. The Kier molecular flexibility index (Phi) is 5.75. The molecule has 0 saturated carbocycles. The molecule has 0 unspecified atom stereocenters. The van der Waals surface area contributed by atoms with Crippen LogP contribution in [0.1, 0.15) is 29.7 Å². The molecular formula is C28H27N5O4. The number of fused-ring (bicyclic) bond motifs is 3. The maximum Gasteiger partial charge on any atom is 0.277 e. The monoisotopic (exact) mass is 497 g/mol. The molecule has 2 aliphatic rings. The number of hydrogen-bond donors (Lipinski definition) is 1. The van der Waals surface area contributed by atoms with Crippen LogP contribution in [0, 0.1) is 6.92 Å². The Labute approximate surface area is 213 Å². The number of ether oxygens (including phenoxy) is 1. The highest BCUT2D eigenvalue weighted by Gasteiger charge is 2.28. The third-order valence-electron chi connectivity index (χ3n) is 7.03. The fourth-order valence-electron chi connectivity index (χ4n) is 5.06. The molecule has 0 fully saturated rings. The molecule has 37 heavy (non-hydrogen) atoms. The third-order valence-corrected chi connectivity index (χ3v) is 7.03. The van der Waals surface area contributed by atoms with Crippen LogP contribution < -0.4 is 15.2 Å². The molecule has 2 aromatic heterocycles. The van der Waals surface area contributed by atoms with E-state index in [0.29, 0.717) is 49.3 Å². The minimum atomic E-state index is -0.175. The Morgan fingerprint density at radius 3 is 2.78 bits per heavy atom. The van der Waals surface area contributed by atoms with Gasteiger partial charge in [0.1, 0.15) is 5.75 Å². The molecule has 0 spiro atoms. The summed E-state index contributed by atoms with van der Waals surface area (Å²) in [5.74, 6) is 0.543. The fourth-order valence-corrected chi connectivity index (χ4v) is 5.06. The zero-order valence-corrected chi connectivity index (χ0v) is 20.6. The lowest BCUT2D eigenvalue weighted by Crippen LogP contribution is -2.41. The normalized spacial score (nSPS) is 14.9. The number of anilines is 1. The summed E-state index contributed by atoms with van der Waals surface area (Å²) in [6, 6.07) is 17.4. The van der Waals surface area contributed by atoms with Crippen LogP contribution in [0.15, 0.2) is 59.4 Å². The van der Waals surface area contributed by atoms with Gasteiger partial charge in [-0.1, -0.05) is 36.4 Å². The van der Waals surface area contributed by atoms with E-state index in [1.165, 1.54) is 4.52 Å². The van der Waals surface area contributed by atoms with Crippen LogP contribution in [0.4, 0.5) is 5.69 Å². The van der Waals surface area contributed by atoms with Gasteiger partial charge in [0.05, 0.1) is 29.2 Å². The predicted molar refractivity (Wildman–Crippen MR) is 139 cm³/mol. The van der Waals surface area contributed by atoms with Crippen molar-refractivity contribution < 1.29 is 14.3 Å². The van der Waals surface area contributed by atoms with Crippen molar-refractivity contribution in [2.75, 3.05) is 24.6 Å². The van der Waals surface area contributed by atoms with E-state index >= 15 is 0 Å². The van der Waals surface area contributed by atoms with E-state index in [4.69, 9.17) is 9.72 Å². The van der Waals surface area contributed by atoms with Gasteiger partial charge >= 0.3 is 0 Å². The van der Waals surface area contributed by atoms with E-state index in [2.05, 4.69) is 5.10 Å². The molecule has 188 valence electrons. The minimum Gasteiger partial charge on any atom is -0.482 e. The van der Waals surface area contributed by atoms with Gasteiger partial charge < -0.3 is 14.5 Å². The lowest BCUT2D eigenvalue weighted by molar-refractivity contribution is -0.132. The van der Waals surface area contributed by atoms with Gasteiger partial charge in [-0.2, -0.15) is 0 Å². The van der Waals surface area contributed by atoms with Crippen LogP contribution in [-0.4, -0.2) is 51.0 Å². The molecule has 0 atom stereocenters. The Balaban J connectivity index is 1.15. The summed E-state index contributed by atoms with van der Waals surface area (Å²) in [5, 5.41) is 3.15. The van der Waals surface area contributed by atoms with Gasteiger partial charge in [0.15, 0.2) is 12.3 Å². The second-order valence-corrected chi connectivity index (χ2v) is 9.55. The summed E-state index contributed by atoms with van der Waals surface area (Å²) in [7, 11) is 0. The Bertz CT molecular complexity index is 1570. The number of H-pyrrole nitrogens is 1. The standard InChI is InChI=1S/C28H27N5O4/c1-18-9-10-24-23(14-18)32(27(35)17-37-24)12-5-8-26(34)31-13-11-21-20(16-31)28(36)33-25(29-21)15-22(30-33)19-6-3-2-4-7-19/h2-4,6-7,9-10,14-15,30H,5,8,11-13,16-17H2,1H3. The number of amides is 2. The van der Waals surface area contributed by atoms with Crippen molar-refractivity contribution in [3.05, 3.63) is 81.8 Å². The molecular weight excluding hydrogens is 470 g/mol. The number of aromatic nitrogens is 3. The van der Waals surface area contributed by atoms with Crippen LogP contribution >= 0.6 is 0 Å². The number of aryl methyl sites for hydroxylation is 1. The van der Waals surface area contributed by atoms with Crippen molar-refractivity contribution in [3.63, 3.8) is 0 Å². The summed E-state index contributed by atoms with van der Waals surface area (Å²) in [6.45, 7) is 3.16. The van der Waals surface area contributed by atoms with Crippen LogP contribution in [0.5, 0.6) is 5.75 Å². The molecule has 0 radical (unpaired) electrons. The van der Waals surface area contributed by atoms with Crippen molar-refractivity contribution in [1.82, 2.24) is 19.5 Å². The van der Waals surface area contributed by atoms with Gasteiger partial charge in [-0.25, -0.2) is 9.50 Å². The summed E-state index contributed by atoms with van der Waals surface area (Å²) in [5.41, 5.74) is 5.27. The number of nitrogens with one attached hydrogen (secondary N) is 1. The molecule has 9 nitrogen and oxygen atoms in total. The van der Waals surface area contributed by atoms with E-state index in [-0.39, 0.29) is 30.5 Å². The summed E-state index contributed by atoms with van der Waals surface area (Å²) < 4.78 is 7.00. The second-order valence-electron chi connectivity index (χ2n) is 9.55. The quantitative estimate of drug-likeness (QED) is 0.457. The van der Waals surface area contributed by atoms with Crippen LogP contribution in [-0.2, 0) is 22.6 Å². The SMILES string of the molecule is Cc1ccc2c(c1)N(CCCC(=O)N1CCc3nc4cc(-c5ccccc5)[nH]n4c(=O)c3C1)C(=O)CO2. The molecule has 2 aromatic carbocycles. The lowest BCUT2D eigenvalue weighted by Gasteiger charge is -2.30. The Morgan fingerprint density at radius 2 is 1.95 bits per heavy atom. The number of rotatable bonds is 5. The predicted octanol–water partition coefficient (Wildman–Crippen LogP) is 3.09. The van der Waals surface area contributed by atoms with E-state index < -0.39 is 0 Å². The smallest absolute Gasteiger partial charge is 0.277 e. The minimum absolute atomic E-state index is 0.00304. The average molecular weight is 498 g/mol. The van der Waals surface area contributed by atoms with Crippen molar-refractivity contribution in [1.29, 1.82) is 0 Å². The fraction of sp³-hybridized carbons (Fsp3) is 0.286. The van der Waals surface area contributed by atoms with Gasteiger partial charge in [0.25, 0.3) is 11.5 Å². The number of hydrogen-bond acceptors (Lipinski definition) is 5. The van der Waals surface area contributed by atoms with Crippen LogP contribution in [0.3, 0.4) is 0 Å². The van der Waals surface area contributed by atoms with E-state index in [0.717, 1.165) is 28.2 Å². The first-order valence-electron chi connectivity index (χ1n) is 12.5. The zero-order valence-electron chi connectivity index (χ0n) is 20.6. The molecule has 0 saturated heterocycles. The first kappa shape index (κ1) is 23.0. The molecule has 0 aliphatic carbocycles. The molecule has 4 aromatic rings. The Hall–Kier alpha value is -4.40. The van der Waals surface area contributed by atoms with Gasteiger partial charge in [-0.05, 0) is 36.6 Å². The molecule has 9 heteroatoms. The van der Waals surface area contributed by atoms with E-state index in [1.807, 2.05) is 61.5 Å². The second kappa shape index (κ2) is 9.24. The largest absolute Gasteiger partial charge is 0.482 e. The highest BCUT2D eigenvalue weighted by molar-refractivity contribution is 5.98. The Morgan fingerprint density at radius 1 is 1.11 bits per heavy atom. The van der Waals surface area contributed by atoms with Gasteiger partial charge in [-0.15, -0.1) is 0 Å². The third kappa shape index (κ3) is 4.26. The summed E-state index contributed by atoms with van der Waals surface area (Å²) in [4.78, 5) is 47.0. The first-order valence-corrected chi connectivity index (χ1v) is 12.5. The number of carbonyl (C=O) groups is 2. The highest BCUT2D eigenvalue weighted by Crippen LogP contribution is 2.33. The van der Waals surface area contributed by atoms with Gasteiger partial charge in [-0.3, -0.25) is 19.5 Å². The molecule has 0 bridgehead atoms. The maximum absolute atomic E-state index is 13.3. The number of benzene rings is 2. The van der Waals surface area contributed by atoms with Crippen LogP contribution in [0.25, 0.3) is 16.9 Å². The molecule has 2 amide bonds. The van der Waals surface area contributed by atoms with E-state index in [1.54, 1.807) is 9.80 Å². The van der Waals surface area contributed by atoms with Crippen molar-refractivity contribution in [3.8, 4) is 17.0 Å². The number of aromatic amines is 1.